The van der Waals surface area contributed by atoms with E-state index in [0.29, 0.717) is 52.7 Å². The summed E-state index contributed by atoms with van der Waals surface area (Å²) in [5, 5.41) is 12.9. The molecule has 5 rings (SSSR count). The Morgan fingerprint density at radius 1 is 1.13 bits per heavy atom. The number of aromatic nitrogens is 1. The number of morpholine rings is 1. The van der Waals surface area contributed by atoms with Gasteiger partial charge in [-0.2, -0.15) is 5.26 Å². The van der Waals surface area contributed by atoms with Crippen LogP contribution in [0, 0.1) is 25.2 Å². The SMILES string of the molecule is Cc1ccc(-n2c(=O)/c(=C/c3ccc4c(c3)OCO4)s/c2=C(\C#N)C(=O)NCCN2CCOCC2)c(C)c1. The number of ether oxygens (including phenoxy) is 3. The molecule has 3 heterocycles. The molecule has 0 aliphatic carbocycles. The second kappa shape index (κ2) is 11.2. The molecule has 1 amide bonds. The summed E-state index contributed by atoms with van der Waals surface area (Å²) >= 11 is 1.12. The first-order valence-corrected chi connectivity index (χ1v) is 13.2. The van der Waals surface area contributed by atoms with Crippen LogP contribution in [0.5, 0.6) is 11.5 Å². The highest BCUT2D eigenvalue weighted by Gasteiger charge is 2.19. The number of amides is 1. The molecule has 2 aromatic carbocycles. The molecule has 0 bridgehead atoms. The van der Waals surface area contributed by atoms with Crippen LogP contribution >= 0.6 is 11.3 Å². The number of carbonyl (C=O) groups is 1. The normalized spacial score (nSPS) is 16.3. The number of carbonyl (C=O) groups excluding carboxylic acids is 1. The fraction of sp³-hybridized carbons (Fsp3) is 0.321. The maximum Gasteiger partial charge on any atom is 0.273 e. The van der Waals surface area contributed by atoms with E-state index in [0.717, 1.165) is 41.1 Å². The van der Waals surface area contributed by atoms with E-state index in [1.165, 1.54) is 4.57 Å². The summed E-state index contributed by atoms with van der Waals surface area (Å²) in [7, 11) is 0. The first kappa shape index (κ1) is 25.7. The van der Waals surface area contributed by atoms with Gasteiger partial charge >= 0.3 is 0 Å². The molecule has 3 aromatic rings. The summed E-state index contributed by atoms with van der Waals surface area (Å²) in [6.07, 6.45) is 1.74. The molecule has 1 aromatic heterocycles. The number of thiazole rings is 1. The number of fused-ring (bicyclic) bond motifs is 1. The standard InChI is InChI=1S/C28H28N4O5S/c1-18-3-5-22(19(2)13-18)32-27(34)25(15-20-4-6-23-24(14-20)37-17-36-23)38-28(32)21(16-29)26(33)30-7-8-31-9-11-35-12-10-31/h3-6,13-15H,7-12,17H2,1-2H3,(H,30,33)/b25-15-,28-21+. The quantitative estimate of drug-likeness (QED) is 0.509. The number of aryl methyl sites for hydroxylation is 2. The van der Waals surface area contributed by atoms with Crippen molar-refractivity contribution in [2.24, 2.45) is 0 Å². The highest BCUT2D eigenvalue weighted by atomic mass is 32.1. The van der Waals surface area contributed by atoms with Crippen molar-refractivity contribution in [2.75, 3.05) is 46.2 Å². The molecule has 1 N–H and O–H groups in total. The molecule has 2 aliphatic heterocycles. The summed E-state index contributed by atoms with van der Waals surface area (Å²) in [5.41, 5.74) is 2.90. The molecule has 1 saturated heterocycles. The van der Waals surface area contributed by atoms with Crippen LogP contribution in [0.25, 0.3) is 17.3 Å². The molecule has 9 nitrogen and oxygen atoms in total. The van der Waals surface area contributed by atoms with Crippen molar-refractivity contribution in [2.45, 2.75) is 13.8 Å². The Morgan fingerprint density at radius 3 is 2.68 bits per heavy atom. The Morgan fingerprint density at radius 2 is 1.92 bits per heavy atom. The molecule has 1 fully saturated rings. The van der Waals surface area contributed by atoms with E-state index >= 15 is 0 Å². The zero-order valence-electron chi connectivity index (χ0n) is 21.3. The van der Waals surface area contributed by atoms with E-state index in [1.54, 1.807) is 18.2 Å². The molecule has 0 unspecified atom stereocenters. The molecular weight excluding hydrogens is 504 g/mol. The fourth-order valence-electron chi connectivity index (χ4n) is 4.52. The number of nitrogens with one attached hydrogen (secondary N) is 1. The van der Waals surface area contributed by atoms with Gasteiger partial charge in [-0.05, 0) is 49.2 Å². The van der Waals surface area contributed by atoms with Gasteiger partial charge in [0, 0.05) is 26.2 Å². The lowest BCUT2D eigenvalue weighted by Gasteiger charge is -2.26. The first-order chi connectivity index (χ1) is 18.4. The van der Waals surface area contributed by atoms with Crippen molar-refractivity contribution in [3.63, 3.8) is 0 Å². The highest BCUT2D eigenvalue weighted by molar-refractivity contribution is 7.07. The van der Waals surface area contributed by atoms with Crippen LogP contribution in [0.4, 0.5) is 0 Å². The molecule has 0 atom stereocenters. The Balaban J connectivity index is 1.58. The largest absolute Gasteiger partial charge is 0.454 e. The first-order valence-electron chi connectivity index (χ1n) is 12.4. The number of hydrogen-bond donors (Lipinski definition) is 1. The van der Waals surface area contributed by atoms with Crippen LogP contribution in [-0.4, -0.2) is 61.6 Å². The topological polar surface area (TPSA) is 106 Å². The summed E-state index contributed by atoms with van der Waals surface area (Å²) < 4.78 is 18.4. The maximum absolute atomic E-state index is 13.7. The van der Waals surface area contributed by atoms with Crippen molar-refractivity contribution < 1.29 is 19.0 Å². The third kappa shape index (κ3) is 5.36. The smallest absolute Gasteiger partial charge is 0.273 e. The van der Waals surface area contributed by atoms with E-state index in [4.69, 9.17) is 14.2 Å². The Labute approximate surface area is 223 Å². The summed E-state index contributed by atoms with van der Waals surface area (Å²) in [4.78, 5) is 29.1. The van der Waals surface area contributed by atoms with Crippen LogP contribution < -0.4 is 29.5 Å². The second-order valence-corrected chi connectivity index (χ2v) is 10.2. The third-order valence-corrected chi connectivity index (χ3v) is 7.57. The minimum absolute atomic E-state index is 0.0978. The van der Waals surface area contributed by atoms with Crippen LogP contribution in [-0.2, 0) is 9.53 Å². The predicted molar refractivity (Wildman–Crippen MR) is 144 cm³/mol. The van der Waals surface area contributed by atoms with Gasteiger partial charge in [0.25, 0.3) is 11.5 Å². The van der Waals surface area contributed by atoms with Gasteiger partial charge in [-0.15, -0.1) is 11.3 Å². The molecule has 38 heavy (non-hydrogen) atoms. The maximum atomic E-state index is 13.7. The van der Waals surface area contributed by atoms with Gasteiger partial charge in [-0.1, -0.05) is 23.8 Å². The lowest BCUT2D eigenvalue weighted by atomic mass is 10.1. The average Bonchev–Trinajstić information content (AvgIpc) is 3.50. The van der Waals surface area contributed by atoms with Gasteiger partial charge in [0.2, 0.25) is 6.79 Å². The fourth-order valence-corrected chi connectivity index (χ4v) is 5.61. The van der Waals surface area contributed by atoms with Crippen LogP contribution in [0.3, 0.4) is 0 Å². The van der Waals surface area contributed by atoms with Crippen molar-refractivity contribution in [1.29, 1.82) is 5.26 Å². The molecule has 0 radical (unpaired) electrons. The van der Waals surface area contributed by atoms with Crippen molar-refractivity contribution >= 4 is 28.9 Å². The minimum Gasteiger partial charge on any atom is -0.454 e. The zero-order valence-corrected chi connectivity index (χ0v) is 22.1. The van der Waals surface area contributed by atoms with Gasteiger partial charge < -0.3 is 19.5 Å². The Kier molecular flexibility index (Phi) is 7.60. The van der Waals surface area contributed by atoms with Crippen molar-refractivity contribution in [1.82, 2.24) is 14.8 Å². The third-order valence-electron chi connectivity index (χ3n) is 6.48. The predicted octanol–water partition coefficient (Wildman–Crippen LogP) is 1.20. The van der Waals surface area contributed by atoms with Gasteiger partial charge in [0.05, 0.1) is 23.4 Å². The Hall–Kier alpha value is -3.91. The monoisotopic (exact) mass is 532 g/mol. The van der Waals surface area contributed by atoms with E-state index < -0.39 is 5.91 Å². The summed E-state index contributed by atoms with van der Waals surface area (Å²) in [6, 6.07) is 13.2. The van der Waals surface area contributed by atoms with Gasteiger partial charge in [-0.25, -0.2) is 0 Å². The van der Waals surface area contributed by atoms with Gasteiger partial charge in [0.15, 0.2) is 17.1 Å². The molecule has 2 aliphatic rings. The van der Waals surface area contributed by atoms with Crippen LogP contribution in [0.15, 0.2) is 41.2 Å². The number of hydrogen-bond acceptors (Lipinski definition) is 8. The van der Waals surface area contributed by atoms with Crippen LogP contribution in [0.1, 0.15) is 16.7 Å². The second-order valence-electron chi connectivity index (χ2n) is 9.16. The van der Waals surface area contributed by atoms with E-state index in [9.17, 15) is 14.9 Å². The molecule has 196 valence electrons. The molecule has 0 spiro atoms. The summed E-state index contributed by atoms with van der Waals surface area (Å²) in [5.74, 6) is 0.750. The lowest BCUT2D eigenvalue weighted by molar-refractivity contribution is -0.115. The van der Waals surface area contributed by atoms with Gasteiger partial charge in [-0.3, -0.25) is 19.1 Å². The van der Waals surface area contributed by atoms with E-state index in [1.807, 2.05) is 38.1 Å². The van der Waals surface area contributed by atoms with E-state index in [2.05, 4.69) is 16.3 Å². The molecule has 0 saturated carbocycles. The van der Waals surface area contributed by atoms with Crippen LogP contribution in [0.2, 0.25) is 0 Å². The number of benzene rings is 2. The minimum atomic E-state index is -0.504. The van der Waals surface area contributed by atoms with Crippen molar-refractivity contribution in [3.8, 4) is 23.3 Å². The number of nitriles is 1. The van der Waals surface area contributed by atoms with Gasteiger partial charge in [0.1, 0.15) is 10.7 Å². The average molecular weight is 533 g/mol. The zero-order chi connectivity index (χ0) is 26.6. The molecular formula is C28H28N4O5S. The number of nitrogens with zero attached hydrogens (tertiary/aromatic N) is 3. The van der Waals surface area contributed by atoms with Crippen molar-refractivity contribution in [3.05, 3.63) is 72.6 Å². The molecule has 10 heteroatoms. The summed E-state index contributed by atoms with van der Waals surface area (Å²) in [6.45, 7) is 8.04. The highest BCUT2D eigenvalue weighted by Crippen LogP contribution is 2.32. The Bertz CT molecular complexity index is 1590. The number of rotatable bonds is 6. The van der Waals surface area contributed by atoms with E-state index in [-0.39, 0.29) is 17.9 Å². The lowest BCUT2D eigenvalue weighted by Crippen LogP contribution is -2.42.